The lowest BCUT2D eigenvalue weighted by Crippen LogP contribution is -2.29. The van der Waals surface area contributed by atoms with Crippen LogP contribution in [-0.4, -0.2) is 48.8 Å². The van der Waals surface area contributed by atoms with E-state index in [0.29, 0.717) is 34.6 Å². The Morgan fingerprint density at radius 2 is 1.49 bits per heavy atom. The van der Waals surface area contributed by atoms with Crippen molar-refractivity contribution < 1.29 is 33.4 Å². The first-order valence-electron chi connectivity index (χ1n) is 11.0. The van der Waals surface area contributed by atoms with Crippen LogP contribution in [-0.2, 0) is 11.3 Å². The quantitative estimate of drug-likeness (QED) is 0.264. The number of Topliss-reactive ketones (excluding diaryl/α,β-unsaturated/α-hetero) is 1. The van der Waals surface area contributed by atoms with Gasteiger partial charge in [-0.1, -0.05) is 30.3 Å². The number of rotatable bonds is 9. The third-order valence-corrected chi connectivity index (χ3v) is 5.52. The van der Waals surface area contributed by atoms with Gasteiger partial charge in [0.25, 0.3) is 11.8 Å². The smallest absolute Gasteiger partial charge is 0.342 e. The number of carbonyl (C=O) groups is 4. The molecular weight excluding hydrogens is 450 g/mol. The molecule has 3 aromatic carbocycles. The van der Waals surface area contributed by atoms with Crippen LogP contribution in [0.25, 0.3) is 0 Å². The van der Waals surface area contributed by atoms with E-state index in [4.69, 9.17) is 14.2 Å². The Labute approximate surface area is 202 Å². The molecule has 0 bridgehead atoms. The minimum Gasteiger partial charge on any atom is -0.496 e. The van der Waals surface area contributed by atoms with Crippen molar-refractivity contribution >= 4 is 23.6 Å². The molecule has 35 heavy (non-hydrogen) atoms. The molecule has 0 aromatic heterocycles. The molecule has 4 rings (SSSR count). The highest BCUT2D eigenvalue weighted by atomic mass is 16.5. The van der Waals surface area contributed by atoms with Crippen molar-refractivity contribution in [1.29, 1.82) is 0 Å². The number of ketones is 1. The number of imide groups is 1. The molecule has 3 aromatic rings. The summed E-state index contributed by atoms with van der Waals surface area (Å²) in [5, 5.41) is 0. The summed E-state index contributed by atoms with van der Waals surface area (Å²) in [6, 6.07) is 18.0. The van der Waals surface area contributed by atoms with Gasteiger partial charge in [-0.3, -0.25) is 19.3 Å². The van der Waals surface area contributed by atoms with Crippen molar-refractivity contribution in [3.05, 3.63) is 94.5 Å². The van der Waals surface area contributed by atoms with Gasteiger partial charge >= 0.3 is 5.97 Å². The third kappa shape index (κ3) is 4.77. The van der Waals surface area contributed by atoms with E-state index in [-0.39, 0.29) is 17.9 Å². The number of fused-ring (bicyclic) bond motifs is 1. The fraction of sp³-hybridized carbons (Fsp3) is 0.185. The van der Waals surface area contributed by atoms with Crippen molar-refractivity contribution in [2.45, 2.75) is 13.5 Å². The number of esters is 1. The van der Waals surface area contributed by atoms with E-state index in [0.717, 1.165) is 4.90 Å². The predicted octanol–water partition coefficient (Wildman–Crippen LogP) is 3.93. The number of methoxy groups -OCH3 is 1. The molecule has 1 heterocycles. The highest BCUT2D eigenvalue weighted by Gasteiger charge is 2.35. The van der Waals surface area contributed by atoms with Crippen LogP contribution in [0.2, 0.25) is 0 Å². The average Bonchev–Trinajstić information content (AvgIpc) is 3.12. The van der Waals surface area contributed by atoms with Gasteiger partial charge in [-0.2, -0.15) is 0 Å². The predicted molar refractivity (Wildman–Crippen MR) is 126 cm³/mol. The molecule has 0 saturated carbocycles. The first-order valence-corrected chi connectivity index (χ1v) is 11.0. The molecule has 0 saturated heterocycles. The first kappa shape index (κ1) is 23.7. The fourth-order valence-electron chi connectivity index (χ4n) is 3.84. The van der Waals surface area contributed by atoms with Gasteiger partial charge < -0.3 is 14.2 Å². The lowest BCUT2D eigenvalue weighted by Gasteiger charge is -2.16. The zero-order chi connectivity index (χ0) is 24.9. The summed E-state index contributed by atoms with van der Waals surface area (Å²) in [4.78, 5) is 52.0. The van der Waals surface area contributed by atoms with E-state index >= 15 is 0 Å². The molecule has 0 fully saturated rings. The second-order valence-corrected chi connectivity index (χ2v) is 7.71. The molecule has 1 aliphatic heterocycles. The molecule has 0 atom stereocenters. The number of carbonyl (C=O) groups excluding carboxylic acids is 4. The third-order valence-electron chi connectivity index (χ3n) is 5.52. The summed E-state index contributed by atoms with van der Waals surface area (Å²) >= 11 is 0. The van der Waals surface area contributed by atoms with Gasteiger partial charge in [-0.05, 0) is 48.9 Å². The summed E-state index contributed by atoms with van der Waals surface area (Å²) in [6.07, 6.45) is 0. The minimum atomic E-state index is -0.763. The highest BCUT2D eigenvalue weighted by molar-refractivity contribution is 6.21. The van der Waals surface area contributed by atoms with Gasteiger partial charge in [0.2, 0.25) is 5.78 Å². The molecule has 1 aliphatic rings. The highest BCUT2D eigenvalue weighted by Crippen LogP contribution is 2.27. The molecule has 0 spiro atoms. The largest absolute Gasteiger partial charge is 0.496 e. The Kier molecular flexibility index (Phi) is 6.91. The topological polar surface area (TPSA) is 99.2 Å². The van der Waals surface area contributed by atoms with Crippen LogP contribution in [0.4, 0.5) is 0 Å². The number of nitrogens with zero attached hydrogens (tertiary/aromatic N) is 1. The Morgan fingerprint density at radius 1 is 0.829 bits per heavy atom. The zero-order valence-corrected chi connectivity index (χ0v) is 19.3. The van der Waals surface area contributed by atoms with Gasteiger partial charge in [-0.15, -0.1) is 0 Å². The van der Waals surface area contributed by atoms with Gasteiger partial charge in [0, 0.05) is 0 Å². The monoisotopic (exact) mass is 473 g/mol. The van der Waals surface area contributed by atoms with E-state index in [9.17, 15) is 19.2 Å². The fourth-order valence-corrected chi connectivity index (χ4v) is 3.84. The summed E-state index contributed by atoms with van der Waals surface area (Å²) in [5.41, 5.74) is 1.61. The van der Waals surface area contributed by atoms with Crippen LogP contribution in [0.1, 0.15) is 53.9 Å². The Hall–Kier alpha value is -4.46. The lowest BCUT2D eigenvalue weighted by atomic mass is 10.1. The molecule has 2 amide bonds. The van der Waals surface area contributed by atoms with Crippen LogP contribution >= 0.6 is 0 Å². The van der Waals surface area contributed by atoms with E-state index < -0.39 is 30.2 Å². The maximum absolute atomic E-state index is 12.9. The van der Waals surface area contributed by atoms with E-state index in [1.165, 1.54) is 13.2 Å². The van der Waals surface area contributed by atoms with Gasteiger partial charge in [-0.25, -0.2) is 4.79 Å². The molecule has 178 valence electrons. The molecular formula is C27H23NO7. The number of para-hydroxylation sites is 1. The van der Waals surface area contributed by atoms with E-state index in [1.54, 1.807) is 67.6 Å². The van der Waals surface area contributed by atoms with Crippen LogP contribution in [0, 0.1) is 0 Å². The van der Waals surface area contributed by atoms with Crippen molar-refractivity contribution in [2.24, 2.45) is 0 Å². The molecule has 0 radical (unpaired) electrons. The minimum absolute atomic E-state index is 0.0286. The van der Waals surface area contributed by atoms with E-state index in [2.05, 4.69) is 0 Å². The van der Waals surface area contributed by atoms with Gasteiger partial charge in [0.15, 0.2) is 6.61 Å². The van der Waals surface area contributed by atoms with Crippen molar-refractivity contribution in [3.8, 4) is 11.5 Å². The molecule has 0 unspecified atom stereocenters. The lowest BCUT2D eigenvalue weighted by molar-refractivity contribution is 0.0470. The maximum atomic E-state index is 12.9. The molecule has 8 nitrogen and oxygen atoms in total. The van der Waals surface area contributed by atoms with Crippen LogP contribution in [0.5, 0.6) is 11.5 Å². The summed E-state index contributed by atoms with van der Waals surface area (Å²) < 4.78 is 16.0. The molecule has 0 N–H and O–H groups in total. The van der Waals surface area contributed by atoms with Crippen LogP contribution in [0.15, 0.2) is 66.7 Å². The summed E-state index contributed by atoms with van der Waals surface area (Å²) in [5.74, 6) is -1.33. The second kappa shape index (κ2) is 10.2. The normalized spacial score (nSPS) is 12.3. The Balaban J connectivity index is 1.52. The summed E-state index contributed by atoms with van der Waals surface area (Å²) in [7, 11) is 1.45. The maximum Gasteiger partial charge on any atom is 0.342 e. The van der Waals surface area contributed by atoms with E-state index in [1.807, 2.05) is 0 Å². The SMILES string of the molecule is CCOc1ccc(CN2C(=O)c3ccccc3C2=O)cc1C(=O)OCC(=O)c1ccccc1OC. The Bertz CT molecular complexity index is 1280. The van der Waals surface area contributed by atoms with Crippen LogP contribution < -0.4 is 9.47 Å². The molecule has 0 aliphatic carbocycles. The van der Waals surface area contributed by atoms with Gasteiger partial charge in [0.1, 0.15) is 17.1 Å². The summed E-state index contributed by atoms with van der Waals surface area (Å²) in [6.45, 7) is 1.55. The molecule has 8 heteroatoms. The Morgan fingerprint density at radius 3 is 2.14 bits per heavy atom. The van der Waals surface area contributed by atoms with Crippen molar-refractivity contribution in [2.75, 3.05) is 20.3 Å². The standard InChI is InChI=1S/C27H23NO7/c1-3-34-24-13-12-17(15-28-25(30)18-8-4-5-9-19(18)26(28)31)14-21(24)27(32)35-16-22(29)20-10-6-7-11-23(20)33-2/h4-14H,3,15-16H2,1-2H3. The first-order chi connectivity index (χ1) is 16.9. The average molecular weight is 473 g/mol. The van der Waals surface area contributed by atoms with Gasteiger partial charge in [0.05, 0.1) is 37.0 Å². The number of amides is 2. The zero-order valence-electron chi connectivity index (χ0n) is 19.3. The van der Waals surface area contributed by atoms with Crippen molar-refractivity contribution in [1.82, 2.24) is 4.90 Å². The van der Waals surface area contributed by atoms with Crippen molar-refractivity contribution in [3.63, 3.8) is 0 Å². The number of ether oxygens (including phenoxy) is 3. The number of hydrogen-bond donors (Lipinski definition) is 0. The second-order valence-electron chi connectivity index (χ2n) is 7.71. The van der Waals surface area contributed by atoms with Crippen LogP contribution in [0.3, 0.4) is 0 Å². The number of hydrogen-bond acceptors (Lipinski definition) is 7. The number of benzene rings is 3.